The van der Waals surface area contributed by atoms with Gasteiger partial charge in [-0.05, 0) is 116 Å². The normalized spacial score (nSPS) is 14.6. The lowest BCUT2D eigenvalue weighted by Gasteiger charge is -2.21. The van der Waals surface area contributed by atoms with Crippen molar-refractivity contribution in [2.24, 2.45) is 0 Å². The average Bonchev–Trinajstić information content (AvgIpc) is 0.945. The summed E-state index contributed by atoms with van der Waals surface area (Å²) in [5.74, 6) is -2.34. The summed E-state index contributed by atoms with van der Waals surface area (Å²) in [6.45, 7) is 4.51. The first-order valence-electron chi connectivity index (χ1n) is 38.8. The summed E-state index contributed by atoms with van der Waals surface area (Å²) in [6.07, 6.45) is 79.3. The van der Waals surface area contributed by atoms with Gasteiger partial charge in [0, 0.05) is 19.3 Å². The van der Waals surface area contributed by atoms with E-state index in [0.29, 0.717) is 25.7 Å². The van der Waals surface area contributed by atoms with Gasteiger partial charge in [0.2, 0.25) is 0 Å². The van der Waals surface area contributed by atoms with E-state index < -0.39 is 97.5 Å². The number of phosphoric ester groups is 2. The molecule has 0 saturated carbocycles. The monoisotopic (exact) mass is 1440 g/mol. The van der Waals surface area contributed by atoms with Crippen LogP contribution >= 0.6 is 15.6 Å². The lowest BCUT2D eigenvalue weighted by Crippen LogP contribution is -2.30. The van der Waals surface area contributed by atoms with Crippen molar-refractivity contribution in [1.29, 1.82) is 0 Å². The van der Waals surface area contributed by atoms with Gasteiger partial charge in [-0.2, -0.15) is 0 Å². The van der Waals surface area contributed by atoms with E-state index in [4.69, 9.17) is 37.0 Å². The predicted octanol–water partition coefficient (Wildman–Crippen LogP) is 22.3. The van der Waals surface area contributed by atoms with Crippen molar-refractivity contribution in [3.05, 3.63) is 122 Å². The van der Waals surface area contributed by atoms with Crippen LogP contribution in [0.3, 0.4) is 0 Å². The number of rotatable bonds is 72. The standard InChI is InChI=1S/C81H138O17P2/c1-5-9-13-17-21-25-29-32-35-36-37-38-41-43-47-50-54-58-62-66-79(84)92-72-77(98-81(86)68-64-60-56-52-48-44-40-34-31-27-23-19-15-11-7-3)74-96-100(89,90)94-70-75(82)69-93-99(87,88)95-73-76(97-80(85)67-63-59-55-51-45-28-24-20-16-12-8-4)71-91-78(83)65-61-57-53-49-46-42-39-33-30-26-22-18-14-10-6-2/h9-10,13-14,21-22,25-26,32-35,37-40,46,49,57,61,75-77,82H,5-8,11-12,15-20,23-24,27-31,36,41-45,47-48,50-56,58-60,62-74H2,1-4H3,(H,87,88)(H,89,90)/b13-9-,14-10-,25-21-,26-22-,35-32-,38-37-,39-33-,40-34-,49-46-,61-57-. The summed E-state index contributed by atoms with van der Waals surface area (Å²) in [7, 11) is -9.98. The average molecular weight is 1450 g/mol. The van der Waals surface area contributed by atoms with Gasteiger partial charge in [0.05, 0.1) is 32.8 Å². The van der Waals surface area contributed by atoms with Crippen molar-refractivity contribution in [2.75, 3.05) is 39.6 Å². The van der Waals surface area contributed by atoms with Crippen LogP contribution in [0.1, 0.15) is 310 Å². The SMILES string of the molecule is CC/C=C\C/C=C\C/C=C\C/C=C\C/C=C\CC(=O)OCC(COP(=O)(O)OCC(O)COP(=O)(O)OCC(COC(=O)CCCCCCCC/C=C\C/C=C\C/C=C\C/C=C\CC)OC(=O)CCCCCCC/C=C\CCCCCCCC)OC(=O)CCCCCCCCCCCCC. The molecule has 5 atom stereocenters. The summed E-state index contributed by atoms with van der Waals surface area (Å²) in [5.41, 5.74) is 0. The van der Waals surface area contributed by atoms with Gasteiger partial charge in [-0.15, -0.1) is 0 Å². The number of phosphoric acid groups is 2. The maximum atomic E-state index is 13.1. The summed E-state index contributed by atoms with van der Waals surface area (Å²) in [6, 6.07) is 0. The molecule has 100 heavy (non-hydrogen) atoms. The number of esters is 4. The zero-order valence-corrected chi connectivity index (χ0v) is 64.4. The molecule has 0 saturated heterocycles. The molecule has 0 spiro atoms. The fourth-order valence-corrected chi connectivity index (χ4v) is 11.7. The maximum Gasteiger partial charge on any atom is 0.472 e. The van der Waals surface area contributed by atoms with Crippen molar-refractivity contribution in [3.8, 4) is 0 Å². The van der Waals surface area contributed by atoms with Crippen LogP contribution in [0.15, 0.2) is 122 Å². The van der Waals surface area contributed by atoms with Crippen LogP contribution in [0, 0.1) is 0 Å². The highest BCUT2D eigenvalue weighted by atomic mass is 31.2. The molecule has 0 bridgehead atoms. The third-order valence-electron chi connectivity index (χ3n) is 16.0. The second-order valence-electron chi connectivity index (χ2n) is 25.6. The first kappa shape index (κ1) is 95.5. The zero-order chi connectivity index (χ0) is 73.2. The molecule has 0 rings (SSSR count). The number of carbonyl (C=O) groups is 4. The molecule has 0 aliphatic carbocycles. The number of ether oxygens (including phenoxy) is 4. The van der Waals surface area contributed by atoms with E-state index in [1.807, 2.05) is 18.2 Å². The fraction of sp³-hybridized carbons (Fsp3) is 0.704. The van der Waals surface area contributed by atoms with Crippen LogP contribution < -0.4 is 0 Å². The van der Waals surface area contributed by atoms with Crippen LogP contribution in [0.2, 0.25) is 0 Å². The van der Waals surface area contributed by atoms with Gasteiger partial charge in [0.15, 0.2) is 12.2 Å². The van der Waals surface area contributed by atoms with Crippen LogP contribution in [-0.2, 0) is 65.4 Å². The van der Waals surface area contributed by atoms with Crippen LogP contribution in [0.25, 0.3) is 0 Å². The molecular weight excluding hydrogens is 1310 g/mol. The molecule has 19 heteroatoms. The molecule has 0 aromatic heterocycles. The molecule has 0 aliphatic rings. The molecule has 0 heterocycles. The quantitative estimate of drug-likeness (QED) is 0.0169. The van der Waals surface area contributed by atoms with Crippen molar-refractivity contribution in [2.45, 2.75) is 329 Å². The van der Waals surface area contributed by atoms with E-state index >= 15 is 0 Å². The number of aliphatic hydroxyl groups is 1. The highest BCUT2D eigenvalue weighted by Gasteiger charge is 2.30. The van der Waals surface area contributed by atoms with Gasteiger partial charge in [0.25, 0.3) is 0 Å². The van der Waals surface area contributed by atoms with Gasteiger partial charge in [-0.3, -0.25) is 37.3 Å². The van der Waals surface area contributed by atoms with E-state index in [9.17, 15) is 43.2 Å². The smallest absolute Gasteiger partial charge is 0.462 e. The Morgan fingerprint density at radius 3 is 0.900 bits per heavy atom. The molecule has 0 aromatic carbocycles. The fourth-order valence-electron chi connectivity index (χ4n) is 10.1. The summed E-state index contributed by atoms with van der Waals surface area (Å²) in [5, 5.41) is 10.6. The van der Waals surface area contributed by atoms with Crippen molar-refractivity contribution >= 4 is 39.5 Å². The molecule has 3 N–H and O–H groups in total. The van der Waals surface area contributed by atoms with Crippen molar-refractivity contribution in [1.82, 2.24) is 0 Å². The largest absolute Gasteiger partial charge is 0.472 e. The lowest BCUT2D eigenvalue weighted by atomic mass is 10.1. The summed E-state index contributed by atoms with van der Waals surface area (Å²) < 4.78 is 68.3. The predicted molar refractivity (Wildman–Crippen MR) is 408 cm³/mol. The second kappa shape index (κ2) is 72.8. The Balaban J connectivity index is 5.39. The number of allylic oxidation sites excluding steroid dienone is 19. The van der Waals surface area contributed by atoms with Crippen LogP contribution in [-0.4, -0.2) is 96.7 Å². The lowest BCUT2D eigenvalue weighted by molar-refractivity contribution is -0.161. The minimum atomic E-state index is -4.99. The zero-order valence-electron chi connectivity index (χ0n) is 62.6. The van der Waals surface area contributed by atoms with Crippen molar-refractivity contribution < 1.29 is 80.2 Å². The molecule has 5 unspecified atom stereocenters. The first-order chi connectivity index (χ1) is 48.7. The Hall–Kier alpha value is -4.54. The minimum Gasteiger partial charge on any atom is -0.462 e. The van der Waals surface area contributed by atoms with Gasteiger partial charge in [-0.25, -0.2) is 9.13 Å². The Morgan fingerprint density at radius 1 is 0.300 bits per heavy atom. The molecule has 574 valence electrons. The van der Waals surface area contributed by atoms with Crippen LogP contribution in [0.4, 0.5) is 0 Å². The summed E-state index contributed by atoms with van der Waals surface area (Å²) in [4.78, 5) is 72.8. The highest BCUT2D eigenvalue weighted by Crippen LogP contribution is 2.45. The van der Waals surface area contributed by atoms with Gasteiger partial charge < -0.3 is 33.8 Å². The molecule has 17 nitrogen and oxygen atoms in total. The first-order valence-corrected chi connectivity index (χ1v) is 41.8. The highest BCUT2D eigenvalue weighted by molar-refractivity contribution is 7.47. The Kier molecular flexibility index (Phi) is 69.5. The topological polar surface area (TPSA) is 237 Å². The molecule has 0 aliphatic heterocycles. The number of aliphatic hydroxyl groups excluding tert-OH is 1. The molecule has 0 amide bonds. The molecule has 0 fully saturated rings. The van der Waals surface area contributed by atoms with Gasteiger partial charge in [0.1, 0.15) is 19.3 Å². The van der Waals surface area contributed by atoms with Crippen molar-refractivity contribution in [3.63, 3.8) is 0 Å². The minimum absolute atomic E-state index is 0.0704. The third-order valence-corrected chi connectivity index (χ3v) is 17.9. The van der Waals surface area contributed by atoms with Gasteiger partial charge >= 0.3 is 39.5 Å². The molecular formula is C81H138O17P2. The van der Waals surface area contributed by atoms with Gasteiger partial charge in [-0.1, -0.05) is 290 Å². The summed E-state index contributed by atoms with van der Waals surface area (Å²) >= 11 is 0. The Bertz CT molecular complexity index is 2370. The number of hydrogen-bond acceptors (Lipinski definition) is 15. The number of carbonyl (C=O) groups excluding carboxylic acids is 4. The van der Waals surface area contributed by atoms with E-state index in [1.54, 1.807) is 6.08 Å². The molecule has 0 radical (unpaired) electrons. The van der Waals surface area contributed by atoms with Crippen LogP contribution in [0.5, 0.6) is 0 Å². The van der Waals surface area contributed by atoms with E-state index in [2.05, 4.69) is 125 Å². The Labute approximate surface area is 606 Å². The van der Waals surface area contributed by atoms with E-state index in [1.165, 1.54) is 77.0 Å². The second-order valence-corrected chi connectivity index (χ2v) is 28.5. The number of hydrogen-bond donors (Lipinski definition) is 3. The van der Waals surface area contributed by atoms with E-state index in [0.717, 1.165) is 154 Å². The number of unbranched alkanes of at least 4 members (excludes halogenated alkanes) is 27. The Morgan fingerprint density at radius 2 is 0.560 bits per heavy atom. The maximum absolute atomic E-state index is 13.1. The third kappa shape index (κ3) is 71.8. The van der Waals surface area contributed by atoms with E-state index in [-0.39, 0.29) is 25.7 Å². The molecule has 0 aromatic rings.